The second-order valence-electron chi connectivity index (χ2n) is 4.56. The molecule has 0 saturated carbocycles. The van der Waals surface area contributed by atoms with Crippen LogP contribution in [0.4, 0.5) is 0 Å². The van der Waals surface area contributed by atoms with Gasteiger partial charge in [-0.1, -0.05) is 54.1 Å². The molecule has 106 valence electrons. The van der Waals surface area contributed by atoms with Crippen molar-refractivity contribution in [3.8, 4) is 6.07 Å². The third kappa shape index (κ3) is 3.09. The maximum atomic E-state index is 9.34. The van der Waals surface area contributed by atoms with Crippen LogP contribution in [0.1, 0.15) is 10.6 Å². The number of nitriles is 1. The lowest BCUT2D eigenvalue weighted by molar-refractivity contribution is 1.43. The van der Waals surface area contributed by atoms with Gasteiger partial charge in [-0.05, 0) is 29.8 Å². The van der Waals surface area contributed by atoms with Gasteiger partial charge in [0.15, 0.2) is 0 Å². The highest BCUT2D eigenvalue weighted by molar-refractivity contribution is 7.19. The van der Waals surface area contributed by atoms with Crippen molar-refractivity contribution in [2.24, 2.45) is 0 Å². The first-order valence-electron chi connectivity index (χ1n) is 6.67. The maximum absolute atomic E-state index is 9.34. The Morgan fingerprint density at radius 1 is 1.14 bits per heavy atom. The van der Waals surface area contributed by atoms with Crippen LogP contribution in [-0.4, -0.2) is 4.98 Å². The van der Waals surface area contributed by atoms with Gasteiger partial charge in [-0.15, -0.1) is 11.3 Å². The number of allylic oxidation sites excluding steroid dienone is 3. The van der Waals surface area contributed by atoms with Gasteiger partial charge in [0.2, 0.25) is 0 Å². The van der Waals surface area contributed by atoms with Crippen molar-refractivity contribution in [3.63, 3.8) is 0 Å². The Hall–Kier alpha value is -2.41. The fraction of sp³-hybridized carbons (Fsp3) is 0. The van der Waals surface area contributed by atoms with Crippen molar-refractivity contribution in [1.82, 2.24) is 4.98 Å². The molecular formula is C18H11ClN2S. The number of benzene rings is 2. The molecule has 1 heterocycles. The van der Waals surface area contributed by atoms with Gasteiger partial charge in [0, 0.05) is 5.02 Å². The SMILES string of the molecule is N#C/C(=C\C=C\c1ccccc1Cl)c1nc2ccccc2s1. The third-order valence-electron chi connectivity index (χ3n) is 3.09. The Balaban J connectivity index is 1.91. The number of para-hydroxylation sites is 1. The Kier molecular flexibility index (Phi) is 4.34. The normalized spacial score (nSPS) is 11.9. The number of hydrogen-bond acceptors (Lipinski definition) is 3. The van der Waals surface area contributed by atoms with Crippen LogP contribution in [0.2, 0.25) is 5.02 Å². The van der Waals surface area contributed by atoms with E-state index in [1.807, 2.05) is 60.7 Å². The molecule has 0 fully saturated rings. The average Bonchev–Trinajstić information content (AvgIpc) is 2.97. The van der Waals surface area contributed by atoms with Crippen LogP contribution >= 0.6 is 22.9 Å². The number of halogens is 1. The summed E-state index contributed by atoms with van der Waals surface area (Å²) in [5.41, 5.74) is 2.38. The van der Waals surface area contributed by atoms with E-state index in [2.05, 4.69) is 11.1 Å². The molecule has 0 bridgehead atoms. The van der Waals surface area contributed by atoms with Crippen molar-refractivity contribution >= 4 is 44.8 Å². The highest BCUT2D eigenvalue weighted by atomic mass is 35.5. The van der Waals surface area contributed by atoms with E-state index in [0.29, 0.717) is 10.6 Å². The number of rotatable bonds is 3. The molecule has 0 N–H and O–H groups in total. The van der Waals surface area contributed by atoms with Crippen molar-refractivity contribution in [2.75, 3.05) is 0 Å². The van der Waals surface area contributed by atoms with Crippen LogP contribution in [0.25, 0.3) is 21.9 Å². The van der Waals surface area contributed by atoms with Gasteiger partial charge in [0.1, 0.15) is 11.1 Å². The number of aromatic nitrogens is 1. The molecule has 22 heavy (non-hydrogen) atoms. The Labute approximate surface area is 137 Å². The molecule has 0 spiro atoms. The zero-order valence-corrected chi connectivity index (χ0v) is 13.1. The third-order valence-corrected chi connectivity index (χ3v) is 4.50. The summed E-state index contributed by atoms with van der Waals surface area (Å²) in [6.07, 6.45) is 5.47. The first-order valence-corrected chi connectivity index (χ1v) is 7.86. The number of fused-ring (bicyclic) bond motifs is 1. The maximum Gasteiger partial charge on any atom is 0.135 e. The zero-order chi connectivity index (χ0) is 15.4. The molecule has 0 aliphatic rings. The highest BCUT2D eigenvalue weighted by Gasteiger charge is 2.07. The van der Waals surface area contributed by atoms with Crippen LogP contribution < -0.4 is 0 Å². The molecule has 0 saturated heterocycles. The predicted octanol–water partition coefficient (Wildman–Crippen LogP) is 5.57. The number of hydrogen-bond donors (Lipinski definition) is 0. The predicted molar refractivity (Wildman–Crippen MR) is 93.7 cm³/mol. The van der Waals surface area contributed by atoms with Crippen LogP contribution in [0.5, 0.6) is 0 Å². The van der Waals surface area contributed by atoms with Crippen molar-refractivity contribution in [2.45, 2.75) is 0 Å². The molecule has 4 heteroatoms. The van der Waals surface area contributed by atoms with Gasteiger partial charge in [-0.3, -0.25) is 0 Å². The summed E-state index contributed by atoms with van der Waals surface area (Å²) in [5.74, 6) is 0. The Morgan fingerprint density at radius 3 is 2.68 bits per heavy atom. The van der Waals surface area contributed by atoms with E-state index < -0.39 is 0 Å². The second-order valence-corrected chi connectivity index (χ2v) is 6.00. The van der Waals surface area contributed by atoms with Gasteiger partial charge in [-0.2, -0.15) is 5.26 Å². The van der Waals surface area contributed by atoms with E-state index in [0.717, 1.165) is 20.8 Å². The molecule has 0 aliphatic carbocycles. The quantitative estimate of drug-likeness (QED) is 0.467. The standard InChI is InChI=1S/C18H11ClN2S/c19-15-9-2-1-6-13(15)7-5-8-14(12-20)18-21-16-10-3-4-11-17(16)22-18/h1-11H/b7-5+,14-8+. The van der Waals surface area contributed by atoms with Gasteiger partial charge in [0.25, 0.3) is 0 Å². The lowest BCUT2D eigenvalue weighted by Gasteiger charge is -1.95. The fourth-order valence-corrected chi connectivity index (χ4v) is 3.14. The van der Waals surface area contributed by atoms with Crippen molar-refractivity contribution in [1.29, 1.82) is 5.26 Å². The van der Waals surface area contributed by atoms with E-state index in [4.69, 9.17) is 11.6 Å². The van der Waals surface area contributed by atoms with Gasteiger partial charge in [-0.25, -0.2) is 4.98 Å². The smallest absolute Gasteiger partial charge is 0.135 e. The Bertz CT molecular complexity index is 883. The summed E-state index contributed by atoms with van der Waals surface area (Å²) in [5, 5.41) is 10.8. The van der Waals surface area contributed by atoms with E-state index in [-0.39, 0.29) is 0 Å². The summed E-state index contributed by atoms with van der Waals surface area (Å²) < 4.78 is 1.08. The molecule has 3 rings (SSSR count). The van der Waals surface area contributed by atoms with Crippen LogP contribution in [0.15, 0.2) is 60.7 Å². The molecule has 1 aromatic heterocycles. The summed E-state index contributed by atoms with van der Waals surface area (Å²) in [7, 11) is 0. The number of thiazole rings is 1. The molecule has 0 amide bonds. The molecule has 3 aromatic rings. The first-order chi connectivity index (χ1) is 10.8. The lowest BCUT2D eigenvalue weighted by Crippen LogP contribution is -1.78. The van der Waals surface area contributed by atoms with Gasteiger partial charge < -0.3 is 0 Å². The average molecular weight is 323 g/mol. The van der Waals surface area contributed by atoms with Crippen molar-refractivity contribution < 1.29 is 0 Å². The minimum Gasteiger partial charge on any atom is -0.235 e. The van der Waals surface area contributed by atoms with Gasteiger partial charge in [0.05, 0.1) is 15.8 Å². The topological polar surface area (TPSA) is 36.7 Å². The van der Waals surface area contributed by atoms with Crippen LogP contribution in [0.3, 0.4) is 0 Å². The zero-order valence-electron chi connectivity index (χ0n) is 11.5. The monoisotopic (exact) mass is 322 g/mol. The van der Waals surface area contributed by atoms with Crippen LogP contribution in [0, 0.1) is 11.3 Å². The largest absolute Gasteiger partial charge is 0.235 e. The molecule has 2 nitrogen and oxygen atoms in total. The molecule has 2 aromatic carbocycles. The van der Waals surface area contributed by atoms with Crippen LogP contribution in [-0.2, 0) is 0 Å². The molecule has 0 aliphatic heterocycles. The van der Waals surface area contributed by atoms with E-state index in [1.54, 1.807) is 6.08 Å². The first kappa shape index (κ1) is 14.5. The summed E-state index contributed by atoms with van der Waals surface area (Å²) in [4.78, 5) is 4.49. The van der Waals surface area contributed by atoms with E-state index in [9.17, 15) is 5.26 Å². The molecule has 0 unspecified atom stereocenters. The van der Waals surface area contributed by atoms with E-state index in [1.165, 1.54) is 11.3 Å². The highest BCUT2D eigenvalue weighted by Crippen LogP contribution is 2.26. The number of nitrogens with zero attached hydrogens (tertiary/aromatic N) is 2. The van der Waals surface area contributed by atoms with Gasteiger partial charge >= 0.3 is 0 Å². The minimum atomic E-state index is 0.546. The molecule has 0 radical (unpaired) electrons. The Morgan fingerprint density at radius 2 is 1.91 bits per heavy atom. The van der Waals surface area contributed by atoms with Crippen molar-refractivity contribution in [3.05, 3.63) is 76.3 Å². The minimum absolute atomic E-state index is 0.546. The molecule has 0 atom stereocenters. The van der Waals surface area contributed by atoms with E-state index >= 15 is 0 Å². The lowest BCUT2D eigenvalue weighted by atomic mass is 10.2. The summed E-state index contributed by atoms with van der Waals surface area (Å²) in [6.45, 7) is 0. The summed E-state index contributed by atoms with van der Waals surface area (Å²) >= 11 is 7.61. The summed E-state index contributed by atoms with van der Waals surface area (Å²) in [6, 6.07) is 17.6. The molecular weight excluding hydrogens is 312 g/mol. The second kappa shape index (κ2) is 6.57. The fourth-order valence-electron chi connectivity index (χ4n) is 2.00.